The number of hydrogen-bond acceptors (Lipinski definition) is 6. The molecule has 0 aliphatic rings. The molecule has 0 radical (unpaired) electrons. The number of benzene rings is 3. The fourth-order valence-electron chi connectivity index (χ4n) is 3.50. The minimum Gasteiger partial charge on any atom is -0.478 e. The highest BCUT2D eigenvalue weighted by Crippen LogP contribution is 2.31. The molecule has 7 nitrogen and oxygen atoms in total. The number of carboxylic acid groups (broad SMARTS) is 1. The fraction of sp³-hybridized carbons (Fsp3) is 0.120. The van der Waals surface area contributed by atoms with Gasteiger partial charge in [0.2, 0.25) is 5.69 Å². The Labute approximate surface area is 185 Å². The lowest BCUT2D eigenvalue weighted by molar-refractivity contribution is 0.0698. The predicted octanol–water partition coefficient (Wildman–Crippen LogP) is 5.47. The summed E-state index contributed by atoms with van der Waals surface area (Å²) in [5.41, 5.74) is 3.68. The maximum Gasteiger partial charge on any atom is 0.337 e. The molecule has 0 aliphatic carbocycles. The van der Waals surface area contributed by atoms with Crippen LogP contribution in [0.5, 0.6) is 11.6 Å². The Hall–Kier alpha value is -4.44. The first-order valence-electron chi connectivity index (χ1n) is 10.0. The van der Waals surface area contributed by atoms with Crippen molar-refractivity contribution in [3.63, 3.8) is 0 Å². The second kappa shape index (κ2) is 8.74. The summed E-state index contributed by atoms with van der Waals surface area (Å²) in [6.45, 7) is 3.85. The first-order chi connectivity index (χ1) is 15.5. The van der Waals surface area contributed by atoms with Crippen LogP contribution in [-0.4, -0.2) is 21.0 Å². The quantitative estimate of drug-likeness (QED) is 0.422. The monoisotopic (exact) mass is 424 g/mol. The third kappa shape index (κ3) is 4.20. The molecule has 0 saturated heterocycles. The van der Waals surface area contributed by atoms with Gasteiger partial charge in [-0.15, -0.1) is 0 Å². The number of nitriles is 1. The Morgan fingerprint density at radius 1 is 1.09 bits per heavy atom. The summed E-state index contributed by atoms with van der Waals surface area (Å²) in [5, 5.41) is 22.3. The number of para-hydroxylation sites is 2. The van der Waals surface area contributed by atoms with Crippen LogP contribution in [0.3, 0.4) is 0 Å². The molecular formula is C25H20N4O3. The van der Waals surface area contributed by atoms with Gasteiger partial charge in [-0.25, -0.2) is 14.8 Å². The molecule has 2 N–H and O–H groups in total. The van der Waals surface area contributed by atoms with Crippen molar-refractivity contribution >= 4 is 22.7 Å². The van der Waals surface area contributed by atoms with E-state index in [1.807, 2.05) is 44.2 Å². The summed E-state index contributed by atoms with van der Waals surface area (Å²) >= 11 is 0. The lowest BCUT2D eigenvalue weighted by Crippen LogP contribution is -2.12. The van der Waals surface area contributed by atoms with Crippen LogP contribution < -0.4 is 10.1 Å². The van der Waals surface area contributed by atoms with E-state index >= 15 is 0 Å². The Balaban J connectivity index is 1.80. The summed E-state index contributed by atoms with van der Waals surface area (Å²) in [6.07, 6.45) is 0. The molecule has 4 rings (SSSR count). The number of nitrogens with one attached hydrogen (secondary N) is 1. The second-order valence-electron chi connectivity index (χ2n) is 7.34. The average molecular weight is 424 g/mol. The summed E-state index contributed by atoms with van der Waals surface area (Å²) in [4.78, 5) is 20.7. The lowest BCUT2D eigenvalue weighted by atomic mass is 10.0. The number of aromatic carboxylic acids is 1. The Bertz CT molecular complexity index is 1350. The SMILES string of the molecule is Cc1cc([C@@H](C)Nc2ccccc2C(=O)O)c2nc(Oc3ccccc3)c(C#N)nc2c1. The maximum atomic E-state index is 11.6. The zero-order chi connectivity index (χ0) is 22.7. The van der Waals surface area contributed by atoms with E-state index in [-0.39, 0.29) is 23.2 Å². The molecule has 32 heavy (non-hydrogen) atoms. The van der Waals surface area contributed by atoms with Gasteiger partial charge in [-0.2, -0.15) is 5.26 Å². The van der Waals surface area contributed by atoms with Crippen LogP contribution in [0, 0.1) is 18.3 Å². The van der Waals surface area contributed by atoms with Crippen LogP contribution in [-0.2, 0) is 0 Å². The number of carbonyl (C=O) groups is 1. The highest BCUT2D eigenvalue weighted by Gasteiger charge is 2.19. The molecule has 3 aromatic carbocycles. The molecule has 0 saturated carbocycles. The maximum absolute atomic E-state index is 11.6. The van der Waals surface area contributed by atoms with Crippen molar-refractivity contribution in [2.45, 2.75) is 19.9 Å². The minimum absolute atomic E-state index is 0.0924. The first-order valence-corrected chi connectivity index (χ1v) is 10.0. The number of ether oxygens (including phenoxy) is 1. The molecule has 1 aromatic heterocycles. The van der Waals surface area contributed by atoms with Crippen molar-refractivity contribution < 1.29 is 14.6 Å². The van der Waals surface area contributed by atoms with Crippen LogP contribution in [0.1, 0.15) is 40.1 Å². The Morgan fingerprint density at radius 3 is 2.53 bits per heavy atom. The molecule has 1 atom stereocenters. The summed E-state index contributed by atoms with van der Waals surface area (Å²) in [7, 11) is 0. The number of fused-ring (bicyclic) bond motifs is 1. The molecule has 0 unspecified atom stereocenters. The van der Waals surface area contributed by atoms with Gasteiger partial charge in [0, 0.05) is 11.3 Å². The number of hydrogen-bond donors (Lipinski definition) is 2. The second-order valence-corrected chi connectivity index (χ2v) is 7.34. The molecule has 0 bridgehead atoms. The van der Waals surface area contributed by atoms with Crippen molar-refractivity contribution in [2.24, 2.45) is 0 Å². The van der Waals surface area contributed by atoms with Crippen molar-refractivity contribution in [3.05, 3.63) is 89.1 Å². The van der Waals surface area contributed by atoms with Crippen LogP contribution in [0.15, 0.2) is 66.7 Å². The zero-order valence-corrected chi connectivity index (χ0v) is 17.5. The number of carboxylic acids is 1. The molecule has 4 aromatic rings. The van der Waals surface area contributed by atoms with Crippen LogP contribution in [0.4, 0.5) is 5.69 Å². The van der Waals surface area contributed by atoms with E-state index in [4.69, 9.17) is 4.74 Å². The van der Waals surface area contributed by atoms with Crippen molar-refractivity contribution in [1.82, 2.24) is 9.97 Å². The highest BCUT2D eigenvalue weighted by atomic mass is 16.5. The topological polar surface area (TPSA) is 108 Å². The van der Waals surface area contributed by atoms with Gasteiger partial charge in [0.05, 0.1) is 22.6 Å². The summed E-state index contributed by atoms with van der Waals surface area (Å²) < 4.78 is 5.85. The predicted molar refractivity (Wildman–Crippen MR) is 121 cm³/mol. The molecular weight excluding hydrogens is 404 g/mol. The van der Waals surface area contributed by atoms with Gasteiger partial charge >= 0.3 is 5.97 Å². The molecule has 0 fully saturated rings. The molecule has 0 amide bonds. The van der Waals surface area contributed by atoms with Crippen molar-refractivity contribution in [1.29, 1.82) is 5.26 Å². The van der Waals surface area contributed by atoms with E-state index in [1.54, 1.807) is 36.4 Å². The van der Waals surface area contributed by atoms with Gasteiger partial charge in [0.15, 0.2) is 0 Å². The first kappa shape index (κ1) is 20.8. The van der Waals surface area contributed by atoms with E-state index in [9.17, 15) is 15.2 Å². The molecule has 1 heterocycles. The van der Waals surface area contributed by atoms with Crippen LogP contribution in [0.2, 0.25) is 0 Å². The summed E-state index contributed by atoms with van der Waals surface area (Å²) in [6, 6.07) is 21.4. The van der Waals surface area contributed by atoms with Crippen LogP contribution >= 0.6 is 0 Å². The van der Waals surface area contributed by atoms with Crippen molar-refractivity contribution in [3.8, 4) is 17.7 Å². The molecule has 0 spiro atoms. The zero-order valence-electron chi connectivity index (χ0n) is 17.5. The van der Waals surface area contributed by atoms with E-state index in [2.05, 4.69) is 21.4 Å². The number of rotatable bonds is 6. The van der Waals surface area contributed by atoms with Gasteiger partial charge in [-0.3, -0.25) is 0 Å². The standard InChI is InChI=1S/C25H20N4O3/c1-15-12-19(16(2)27-20-11-7-6-10-18(20)25(30)31)23-21(13-15)28-22(14-26)24(29-23)32-17-8-4-3-5-9-17/h3-13,16,27H,1-2H3,(H,30,31)/t16-/m1/s1. The molecule has 158 valence electrons. The van der Waals surface area contributed by atoms with Gasteiger partial charge in [-0.05, 0) is 49.7 Å². The molecule has 0 aliphatic heterocycles. The average Bonchev–Trinajstić information content (AvgIpc) is 2.79. The third-order valence-corrected chi connectivity index (χ3v) is 4.97. The van der Waals surface area contributed by atoms with Gasteiger partial charge in [-0.1, -0.05) is 36.4 Å². The molecule has 7 heteroatoms. The smallest absolute Gasteiger partial charge is 0.337 e. The fourth-order valence-corrected chi connectivity index (χ4v) is 3.50. The van der Waals surface area contributed by atoms with E-state index in [0.717, 1.165) is 11.1 Å². The van der Waals surface area contributed by atoms with E-state index < -0.39 is 5.97 Å². The number of aryl methyl sites for hydroxylation is 1. The van der Waals surface area contributed by atoms with Gasteiger partial charge in [0.1, 0.15) is 11.8 Å². The van der Waals surface area contributed by atoms with Crippen molar-refractivity contribution in [2.75, 3.05) is 5.32 Å². The third-order valence-electron chi connectivity index (χ3n) is 4.97. The number of aromatic nitrogens is 2. The Kier molecular flexibility index (Phi) is 5.69. The largest absolute Gasteiger partial charge is 0.478 e. The van der Waals surface area contributed by atoms with E-state index in [0.29, 0.717) is 22.5 Å². The summed E-state index contributed by atoms with van der Waals surface area (Å²) in [5.74, 6) is -0.339. The highest BCUT2D eigenvalue weighted by molar-refractivity contribution is 5.94. The van der Waals surface area contributed by atoms with E-state index in [1.165, 1.54) is 0 Å². The minimum atomic E-state index is -1.01. The lowest BCUT2D eigenvalue weighted by Gasteiger charge is -2.19. The van der Waals surface area contributed by atoms with Gasteiger partial charge < -0.3 is 15.2 Å². The van der Waals surface area contributed by atoms with Gasteiger partial charge in [0.25, 0.3) is 5.88 Å². The normalized spacial score (nSPS) is 11.5. The number of nitrogens with zero attached hydrogens (tertiary/aromatic N) is 3. The van der Waals surface area contributed by atoms with Crippen LogP contribution in [0.25, 0.3) is 11.0 Å². The number of anilines is 1. The Morgan fingerprint density at radius 2 is 1.81 bits per heavy atom.